The Kier molecular flexibility index (Phi) is 16.4. The van der Waals surface area contributed by atoms with Gasteiger partial charge in [0.05, 0.1) is 0 Å². The molecular weight excluding hydrogens is 152 g/mol. The van der Waals surface area contributed by atoms with Crippen molar-refractivity contribution in [3.8, 4) is 0 Å². The summed E-state index contributed by atoms with van der Waals surface area (Å²) in [7, 11) is 0. The summed E-state index contributed by atoms with van der Waals surface area (Å²) in [6.07, 6.45) is 11.5. The molecule has 0 heterocycles. The third-order valence-electron chi connectivity index (χ3n) is 1.96. The summed E-state index contributed by atoms with van der Waals surface area (Å²) in [6.45, 7) is 4.54. The lowest BCUT2D eigenvalue weighted by Crippen LogP contribution is -1.77. The Morgan fingerprint density at radius 3 is 1.09 bits per heavy atom. The van der Waals surface area contributed by atoms with Gasteiger partial charge in [-0.2, -0.15) is 0 Å². The Morgan fingerprint density at radius 1 is 0.545 bits per heavy atom. The molecule has 0 aliphatic rings. The van der Waals surface area contributed by atoms with Crippen LogP contribution in [-0.2, 0) is 0 Å². The van der Waals surface area contributed by atoms with Crippen LogP contribution in [0.2, 0.25) is 0 Å². The normalized spacial score (nSPS) is 9.27. The van der Waals surface area contributed by atoms with Gasteiger partial charge in [-0.3, -0.25) is 0 Å². The smallest absolute Gasteiger partial charge is 0 e. The zero-order valence-electron chi connectivity index (χ0n) is 8.07. The highest BCUT2D eigenvalue weighted by Gasteiger charge is 1.87. The SMILES string of the molecule is CCCCCCCCCC.[S]. The fraction of sp³-hybridized carbons (Fsp3) is 1.00. The van der Waals surface area contributed by atoms with E-state index in [4.69, 9.17) is 0 Å². The zero-order chi connectivity index (χ0) is 7.66. The molecule has 2 radical (unpaired) electrons. The van der Waals surface area contributed by atoms with Crippen LogP contribution in [0.3, 0.4) is 0 Å². The highest BCUT2D eigenvalue weighted by Crippen LogP contribution is 2.07. The summed E-state index contributed by atoms with van der Waals surface area (Å²) in [6, 6.07) is 0. The van der Waals surface area contributed by atoms with Crippen molar-refractivity contribution >= 4 is 13.5 Å². The van der Waals surface area contributed by atoms with Crippen LogP contribution in [-0.4, -0.2) is 0 Å². The molecule has 0 saturated heterocycles. The molecule has 0 spiro atoms. The van der Waals surface area contributed by atoms with E-state index in [1.165, 1.54) is 51.4 Å². The molecule has 0 rings (SSSR count). The first-order chi connectivity index (χ1) is 4.91. The van der Waals surface area contributed by atoms with E-state index in [2.05, 4.69) is 13.8 Å². The van der Waals surface area contributed by atoms with Crippen LogP contribution in [0.1, 0.15) is 65.2 Å². The van der Waals surface area contributed by atoms with Crippen LogP contribution >= 0.6 is 13.5 Å². The van der Waals surface area contributed by atoms with Crippen molar-refractivity contribution in [3.63, 3.8) is 0 Å². The van der Waals surface area contributed by atoms with Gasteiger partial charge in [0.2, 0.25) is 0 Å². The Balaban J connectivity index is 0. The third-order valence-corrected chi connectivity index (χ3v) is 1.96. The Labute approximate surface area is 79.2 Å². The summed E-state index contributed by atoms with van der Waals surface area (Å²) in [4.78, 5) is 0. The van der Waals surface area contributed by atoms with Gasteiger partial charge in [0.25, 0.3) is 0 Å². The van der Waals surface area contributed by atoms with Crippen LogP contribution < -0.4 is 0 Å². The largest absolute Gasteiger partial charge is 0.0654 e. The average molecular weight is 174 g/mol. The molecule has 0 atom stereocenters. The summed E-state index contributed by atoms with van der Waals surface area (Å²) < 4.78 is 0. The van der Waals surface area contributed by atoms with Crippen molar-refractivity contribution in [1.29, 1.82) is 0 Å². The maximum absolute atomic E-state index is 2.27. The lowest BCUT2D eigenvalue weighted by molar-refractivity contribution is 0.585. The van der Waals surface area contributed by atoms with Gasteiger partial charge in [-0.15, -0.1) is 0 Å². The van der Waals surface area contributed by atoms with Gasteiger partial charge in [-0.25, -0.2) is 0 Å². The molecule has 0 nitrogen and oxygen atoms in total. The summed E-state index contributed by atoms with van der Waals surface area (Å²) >= 11 is 0. The lowest BCUT2D eigenvalue weighted by Gasteiger charge is -1.97. The quantitative estimate of drug-likeness (QED) is 0.487. The average Bonchev–Trinajstić information content (AvgIpc) is 1.97. The fourth-order valence-electron chi connectivity index (χ4n) is 1.21. The van der Waals surface area contributed by atoms with Crippen molar-refractivity contribution in [2.75, 3.05) is 0 Å². The Morgan fingerprint density at radius 2 is 0.818 bits per heavy atom. The van der Waals surface area contributed by atoms with Crippen molar-refractivity contribution in [3.05, 3.63) is 0 Å². The molecule has 0 aromatic heterocycles. The minimum absolute atomic E-state index is 0. The molecule has 0 saturated carbocycles. The van der Waals surface area contributed by atoms with Crippen LogP contribution in [0, 0.1) is 0 Å². The van der Waals surface area contributed by atoms with Crippen molar-refractivity contribution in [2.24, 2.45) is 0 Å². The van der Waals surface area contributed by atoms with E-state index in [9.17, 15) is 0 Å². The molecule has 0 aromatic carbocycles. The first kappa shape index (κ1) is 13.9. The minimum Gasteiger partial charge on any atom is -0.0654 e. The molecule has 0 aromatic rings. The second-order valence-electron chi connectivity index (χ2n) is 3.12. The molecule has 0 aliphatic heterocycles. The topological polar surface area (TPSA) is 0 Å². The predicted molar refractivity (Wildman–Crippen MR) is 55.9 cm³/mol. The Bertz CT molecular complexity index is 44.8. The molecule has 0 fully saturated rings. The van der Waals surface area contributed by atoms with Crippen molar-refractivity contribution < 1.29 is 0 Å². The summed E-state index contributed by atoms with van der Waals surface area (Å²) in [5.74, 6) is 0. The molecule has 11 heavy (non-hydrogen) atoms. The molecule has 68 valence electrons. The fourth-order valence-corrected chi connectivity index (χ4v) is 1.21. The van der Waals surface area contributed by atoms with E-state index < -0.39 is 0 Å². The zero-order valence-corrected chi connectivity index (χ0v) is 8.88. The molecular formula is C10H22S. The van der Waals surface area contributed by atoms with Crippen LogP contribution in [0.25, 0.3) is 0 Å². The number of hydrogen-bond donors (Lipinski definition) is 0. The van der Waals surface area contributed by atoms with Gasteiger partial charge in [0.15, 0.2) is 0 Å². The van der Waals surface area contributed by atoms with E-state index >= 15 is 0 Å². The second-order valence-corrected chi connectivity index (χ2v) is 3.12. The van der Waals surface area contributed by atoms with Crippen LogP contribution in [0.5, 0.6) is 0 Å². The predicted octanol–water partition coefficient (Wildman–Crippen LogP) is 4.80. The van der Waals surface area contributed by atoms with Crippen LogP contribution in [0.15, 0.2) is 0 Å². The van der Waals surface area contributed by atoms with Gasteiger partial charge < -0.3 is 0 Å². The van der Waals surface area contributed by atoms with E-state index in [1.807, 2.05) is 0 Å². The highest BCUT2D eigenvalue weighted by molar-refractivity contribution is 7.59. The van der Waals surface area contributed by atoms with Crippen LogP contribution in [0.4, 0.5) is 0 Å². The van der Waals surface area contributed by atoms with Gasteiger partial charge in [-0.05, 0) is 0 Å². The molecule has 1 heteroatoms. The molecule has 0 N–H and O–H groups in total. The monoisotopic (exact) mass is 174 g/mol. The molecule has 0 unspecified atom stereocenters. The standard InChI is InChI=1S/C10H22.S/c1-3-5-7-9-10-8-6-4-2;/h3-10H2,1-2H3;. The summed E-state index contributed by atoms with van der Waals surface area (Å²) in [5.41, 5.74) is 0. The van der Waals surface area contributed by atoms with Crippen molar-refractivity contribution in [2.45, 2.75) is 65.2 Å². The van der Waals surface area contributed by atoms with E-state index in [-0.39, 0.29) is 13.5 Å². The third kappa shape index (κ3) is 13.4. The lowest BCUT2D eigenvalue weighted by atomic mass is 10.1. The van der Waals surface area contributed by atoms with E-state index in [0.717, 1.165) is 0 Å². The van der Waals surface area contributed by atoms with Gasteiger partial charge in [-0.1, -0.05) is 65.2 Å². The first-order valence-corrected chi connectivity index (χ1v) is 4.91. The molecule has 0 amide bonds. The maximum atomic E-state index is 2.27. The van der Waals surface area contributed by atoms with Gasteiger partial charge >= 0.3 is 0 Å². The highest BCUT2D eigenvalue weighted by atomic mass is 32.1. The number of rotatable bonds is 7. The van der Waals surface area contributed by atoms with Gasteiger partial charge in [0.1, 0.15) is 0 Å². The van der Waals surface area contributed by atoms with Crippen molar-refractivity contribution in [1.82, 2.24) is 0 Å². The minimum atomic E-state index is 0. The molecule has 0 bridgehead atoms. The van der Waals surface area contributed by atoms with E-state index in [1.54, 1.807) is 0 Å². The number of hydrogen-bond acceptors (Lipinski definition) is 0. The second kappa shape index (κ2) is 13.0. The maximum Gasteiger partial charge on any atom is 0 e. The molecule has 0 aliphatic carbocycles. The summed E-state index contributed by atoms with van der Waals surface area (Å²) in [5, 5.41) is 0. The first-order valence-electron chi connectivity index (χ1n) is 4.91. The number of unbranched alkanes of at least 4 members (excludes halogenated alkanes) is 7. The van der Waals surface area contributed by atoms with Gasteiger partial charge in [0, 0.05) is 13.5 Å². The Hall–Kier alpha value is 0.350. The van der Waals surface area contributed by atoms with E-state index in [0.29, 0.717) is 0 Å².